The van der Waals surface area contributed by atoms with E-state index in [1.165, 1.54) is 12.1 Å². The molecule has 190 valence electrons. The zero-order valence-corrected chi connectivity index (χ0v) is 19.9. The van der Waals surface area contributed by atoms with Crippen LogP contribution in [0.25, 0.3) is 0 Å². The molecule has 3 N–H and O–H groups in total. The smallest absolute Gasteiger partial charge is 0.318 e. The Labute approximate surface area is 208 Å². The van der Waals surface area contributed by atoms with Crippen LogP contribution in [0.3, 0.4) is 0 Å². The second-order valence-electron chi connectivity index (χ2n) is 9.98. The molecule has 3 heterocycles. The number of benzene rings is 2. The fourth-order valence-corrected chi connectivity index (χ4v) is 5.77. The largest absolute Gasteiger partial charge is 0.393 e. The van der Waals surface area contributed by atoms with Gasteiger partial charge in [0.2, 0.25) is 12.3 Å². The zero-order chi connectivity index (χ0) is 25.0. The number of fused-ring (bicyclic) bond motifs is 1. The van der Waals surface area contributed by atoms with E-state index in [4.69, 9.17) is 9.47 Å². The second kappa shape index (κ2) is 8.81. The Morgan fingerprint density at radius 3 is 2.72 bits per heavy atom. The number of ether oxygens (including phenoxy) is 2. The van der Waals surface area contributed by atoms with Gasteiger partial charge in [0.1, 0.15) is 11.4 Å². The predicted molar refractivity (Wildman–Crippen MR) is 127 cm³/mol. The molecule has 5 aliphatic rings. The molecule has 1 saturated carbocycles. The second-order valence-corrected chi connectivity index (χ2v) is 9.98. The van der Waals surface area contributed by atoms with E-state index >= 15 is 0 Å². The number of halogens is 1. The van der Waals surface area contributed by atoms with E-state index < -0.39 is 18.1 Å². The van der Waals surface area contributed by atoms with Gasteiger partial charge in [-0.1, -0.05) is 18.2 Å². The number of hydrogen-bond acceptors (Lipinski definition) is 6. The van der Waals surface area contributed by atoms with E-state index in [0.717, 1.165) is 29.5 Å². The molecule has 3 amide bonds. The first-order valence-corrected chi connectivity index (χ1v) is 12.3. The van der Waals surface area contributed by atoms with Crippen molar-refractivity contribution in [3.63, 3.8) is 0 Å². The highest BCUT2D eigenvalue weighted by atomic mass is 19.1. The van der Waals surface area contributed by atoms with Crippen LogP contribution in [0.15, 0.2) is 42.5 Å². The van der Waals surface area contributed by atoms with Crippen LogP contribution in [-0.2, 0) is 32.8 Å². The van der Waals surface area contributed by atoms with Crippen LogP contribution in [0, 0.1) is 5.82 Å². The van der Waals surface area contributed by atoms with Crippen LogP contribution in [-0.4, -0.2) is 65.2 Å². The van der Waals surface area contributed by atoms with Crippen molar-refractivity contribution in [1.29, 1.82) is 0 Å². The van der Waals surface area contributed by atoms with Crippen molar-refractivity contribution in [3.05, 3.63) is 65.0 Å². The molecular formula is C26H29FN4O5. The number of hydrogen-bond donors (Lipinski definition) is 3. The van der Waals surface area contributed by atoms with Gasteiger partial charge in [0.05, 0.1) is 12.6 Å². The van der Waals surface area contributed by atoms with Crippen molar-refractivity contribution >= 4 is 17.6 Å². The number of aliphatic hydroxyl groups is 1. The number of amides is 3. The van der Waals surface area contributed by atoms with Gasteiger partial charge < -0.3 is 30.1 Å². The maximum Gasteiger partial charge on any atom is 0.318 e. The van der Waals surface area contributed by atoms with Gasteiger partial charge in [0.15, 0.2) is 6.23 Å². The highest BCUT2D eigenvalue weighted by molar-refractivity contribution is 5.89. The molecule has 3 saturated heterocycles. The molecule has 9 nitrogen and oxygen atoms in total. The zero-order valence-electron chi connectivity index (χ0n) is 19.9. The lowest BCUT2D eigenvalue weighted by Crippen LogP contribution is -2.60. The van der Waals surface area contributed by atoms with Gasteiger partial charge in [0.25, 0.3) is 0 Å². The van der Waals surface area contributed by atoms with E-state index in [0.29, 0.717) is 25.1 Å². The van der Waals surface area contributed by atoms with Gasteiger partial charge in [-0.05, 0) is 66.6 Å². The molecule has 0 aromatic heterocycles. The first-order valence-electron chi connectivity index (χ1n) is 12.3. The van der Waals surface area contributed by atoms with Gasteiger partial charge in [-0.2, -0.15) is 0 Å². The number of aliphatic hydroxyl groups excluding tert-OH is 1. The number of aryl methyl sites for hydroxylation is 1. The highest BCUT2D eigenvalue weighted by Gasteiger charge is 2.66. The summed E-state index contributed by atoms with van der Waals surface area (Å²) in [5.41, 5.74) is 3.03. The SMILES string of the molecule is CNC(=O)Nc1ccc2c(c1)CC[C@@]21OC2OC1N2CC(=O)N(Cc1ccc(F)cc1)C1CC(O)C1. The van der Waals surface area contributed by atoms with Crippen molar-refractivity contribution in [2.24, 2.45) is 0 Å². The van der Waals surface area contributed by atoms with Crippen LogP contribution in [0.1, 0.15) is 36.0 Å². The number of anilines is 1. The molecule has 10 heteroatoms. The molecule has 7 rings (SSSR count). The molecule has 3 atom stereocenters. The van der Waals surface area contributed by atoms with Crippen LogP contribution >= 0.6 is 0 Å². The third-order valence-electron chi connectivity index (χ3n) is 7.77. The maximum absolute atomic E-state index is 13.5. The highest BCUT2D eigenvalue weighted by Crippen LogP contribution is 2.56. The quantitative estimate of drug-likeness (QED) is 0.567. The fourth-order valence-electron chi connectivity index (χ4n) is 5.77. The van der Waals surface area contributed by atoms with Gasteiger partial charge in [-0.3, -0.25) is 4.79 Å². The molecule has 2 aromatic carbocycles. The predicted octanol–water partition coefficient (Wildman–Crippen LogP) is 2.24. The van der Waals surface area contributed by atoms with E-state index in [1.54, 1.807) is 24.1 Å². The van der Waals surface area contributed by atoms with E-state index in [2.05, 4.69) is 10.6 Å². The monoisotopic (exact) mass is 496 g/mol. The lowest BCUT2D eigenvalue weighted by atomic mass is 9.87. The van der Waals surface area contributed by atoms with Crippen LogP contribution in [0.4, 0.5) is 14.9 Å². The number of nitrogens with zero attached hydrogens (tertiary/aromatic N) is 2. The summed E-state index contributed by atoms with van der Waals surface area (Å²) in [6.45, 7) is 0.493. The van der Waals surface area contributed by atoms with Crippen molar-refractivity contribution < 1.29 is 28.6 Å². The Hall–Kier alpha value is -3.05. The van der Waals surface area contributed by atoms with Crippen molar-refractivity contribution in [2.75, 3.05) is 18.9 Å². The van der Waals surface area contributed by atoms with Crippen LogP contribution in [0.2, 0.25) is 0 Å². The topological polar surface area (TPSA) is 103 Å². The number of rotatable bonds is 6. The third-order valence-corrected chi connectivity index (χ3v) is 7.77. The normalized spacial score (nSPS) is 29.9. The minimum absolute atomic E-state index is 0.0503. The lowest BCUT2D eigenvalue weighted by Gasteiger charge is -2.44. The molecule has 2 aromatic rings. The molecule has 36 heavy (non-hydrogen) atoms. The molecule has 4 fully saturated rings. The van der Waals surface area contributed by atoms with Crippen molar-refractivity contribution in [1.82, 2.24) is 15.1 Å². The molecule has 2 aliphatic carbocycles. The Balaban J connectivity index is 1.17. The van der Waals surface area contributed by atoms with Crippen molar-refractivity contribution in [2.45, 2.75) is 62.6 Å². The minimum Gasteiger partial charge on any atom is -0.393 e. The summed E-state index contributed by atoms with van der Waals surface area (Å²) in [7, 11) is 1.57. The summed E-state index contributed by atoms with van der Waals surface area (Å²) in [6.07, 6.45) is 1.23. The molecule has 1 spiro atoms. The molecule has 0 radical (unpaired) electrons. The third kappa shape index (κ3) is 3.85. The fraction of sp³-hybridized carbons (Fsp3) is 0.462. The molecule has 3 aliphatic heterocycles. The number of urea groups is 1. The van der Waals surface area contributed by atoms with Crippen molar-refractivity contribution in [3.8, 4) is 0 Å². The standard InChI is InChI=1S/C26H29FN4O5/c1-28-24(34)29-18-6-7-21-16(10-18)8-9-26(21)23-31(25(35-23)36-26)14-22(33)30(19-11-20(32)12-19)13-15-2-4-17(27)5-3-15/h2-7,10,19-20,23,25,32H,8-9,11-14H2,1H3,(H2,28,29,34)/t19?,20?,23?,25?,26-/m1/s1. The number of carbonyl (C=O) groups is 2. The van der Waals surface area contributed by atoms with E-state index in [9.17, 15) is 19.1 Å². The minimum atomic E-state index is -0.639. The van der Waals surface area contributed by atoms with Crippen LogP contribution < -0.4 is 10.6 Å². The summed E-state index contributed by atoms with van der Waals surface area (Å²) in [5, 5.41) is 15.2. The van der Waals surface area contributed by atoms with Crippen LogP contribution in [0.5, 0.6) is 0 Å². The van der Waals surface area contributed by atoms with Gasteiger partial charge >= 0.3 is 6.03 Å². The summed E-state index contributed by atoms with van der Waals surface area (Å²) in [5.74, 6) is -0.389. The summed E-state index contributed by atoms with van der Waals surface area (Å²) in [4.78, 5) is 28.9. The first-order chi connectivity index (χ1) is 17.4. The molecule has 2 unspecified atom stereocenters. The Kier molecular flexibility index (Phi) is 5.71. The molecular weight excluding hydrogens is 467 g/mol. The van der Waals surface area contributed by atoms with E-state index in [1.807, 2.05) is 23.1 Å². The number of nitrogens with one attached hydrogen (secondary N) is 2. The average Bonchev–Trinajstić information content (AvgIpc) is 3.51. The van der Waals surface area contributed by atoms with E-state index in [-0.39, 0.29) is 36.6 Å². The molecule has 2 bridgehead atoms. The Morgan fingerprint density at radius 1 is 1.22 bits per heavy atom. The summed E-state index contributed by atoms with van der Waals surface area (Å²) in [6, 6.07) is 11.6. The Bertz CT molecular complexity index is 1190. The van der Waals surface area contributed by atoms with Gasteiger partial charge in [0, 0.05) is 25.3 Å². The Morgan fingerprint density at radius 2 is 2.00 bits per heavy atom. The average molecular weight is 497 g/mol. The number of carbonyl (C=O) groups excluding carboxylic acids is 2. The summed E-state index contributed by atoms with van der Waals surface area (Å²) < 4.78 is 25.7. The summed E-state index contributed by atoms with van der Waals surface area (Å²) >= 11 is 0. The first kappa shape index (κ1) is 23.4. The van der Waals surface area contributed by atoms with Gasteiger partial charge in [-0.15, -0.1) is 0 Å². The lowest BCUT2D eigenvalue weighted by molar-refractivity contribution is -0.285. The maximum atomic E-state index is 13.5. The van der Waals surface area contributed by atoms with Gasteiger partial charge in [-0.25, -0.2) is 14.1 Å².